The molecule has 1 aliphatic carbocycles. The number of hydrogen-bond acceptors (Lipinski definition) is 5. The maximum Gasteiger partial charge on any atom is 0.354 e. The minimum Gasteiger partial charge on any atom is -0.452 e. The third-order valence-electron chi connectivity index (χ3n) is 6.19. The lowest BCUT2D eigenvalue weighted by Crippen LogP contribution is -2.70. The highest BCUT2D eigenvalue weighted by Gasteiger charge is 2.62. The molecule has 2 heterocycles. The van der Waals surface area contributed by atoms with Crippen LogP contribution in [0.1, 0.15) is 56.8 Å². The van der Waals surface area contributed by atoms with Gasteiger partial charge >= 0.3 is 5.97 Å². The molecule has 0 aromatic heterocycles. The minimum absolute atomic E-state index is 0.0363. The van der Waals surface area contributed by atoms with E-state index in [1.54, 1.807) is 38.1 Å². The number of benzene rings is 1. The summed E-state index contributed by atoms with van der Waals surface area (Å²) in [5.41, 5.74) is -0.787. The lowest BCUT2D eigenvalue weighted by atomic mass is 9.95. The van der Waals surface area contributed by atoms with E-state index in [1.165, 1.54) is 9.80 Å². The summed E-state index contributed by atoms with van der Waals surface area (Å²) in [4.78, 5) is 54.5. The summed E-state index contributed by atoms with van der Waals surface area (Å²) in [7, 11) is 0. The van der Waals surface area contributed by atoms with Crippen molar-refractivity contribution < 1.29 is 23.9 Å². The smallest absolute Gasteiger partial charge is 0.354 e. The molecule has 4 rings (SSSR count). The first kappa shape index (κ1) is 20.4. The van der Waals surface area contributed by atoms with E-state index in [4.69, 9.17) is 4.74 Å². The van der Waals surface area contributed by atoms with E-state index in [2.05, 4.69) is 5.32 Å². The quantitative estimate of drug-likeness (QED) is 0.718. The number of nitrogens with zero attached hydrogens (tertiary/aromatic N) is 2. The lowest BCUT2D eigenvalue weighted by Gasteiger charge is -2.50. The molecule has 0 spiro atoms. The molecule has 1 aromatic rings. The van der Waals surface area contributed by atoms with Crippen LogP contribution in [0, 0.1) is 5.92 Å². The molecule has 1 saturated carbocycles. The number of carbonyl (C=O) groups is 4. The minimum atomic E-state index is -1.57. The maximum atomic E-state index is 13.4. The predicted octanol–water partition coefficient (Wildman–Crippen LogP) is 1.83. The summed E-state index contributed by atoms with van der Waals surface area (Å²) in [6.45, 7) is 5.09. The van der Waals surface area contributed by atoms with E-state index < -0.39 is 18.2 Å². The van der Waals surface area contributed by atoms with Gasteiger partial charge in [-0.2, -0.15) is 0 Å². The van der Waals surface area contributed by atoms with Crippen LogP contribution in [0.2, 0.25) is 0 Å². The maximum absolute atomic E-state index is 13.4. The first-order chi connectivity index (χ1) is 14.3. The van der Waals surface area contributed by atoms with Crippen molar-refractivity contribution in [1.29, 1.82) is 0 Å². The van der Waals surface area contributed by atoms with Crippen molar-refractivity contribution in [3.05, 3.63) is 29.8 Å². The van der Waals surface area contributed by atoms with Crippen LogP contribution in [0.4, 0.5) is 5.69 Å². The van der Waals surface area contributed by atoms with Gasteiger partial charge < -0.3 is 15.0 Å². The summed E-state index contributed by atoms with van der Waals surface area (Å²) < 4.78 is 5.40. The molecule has 3 aliphatic rings. The van der Waals surface area contributed by atoms with Gasteiger partial charge in [0, 0.05) is 24.9 Å². The molecule has 30 heavy (non-hydrogen) atoms. The molecule has 0 unspecified atom stereocenters. The van der Waals surface area contributed by atoms with Crippen LogP contribution >= 0.6 is 0 Å². The highest BCUT2D eigenvalue weighted by Crippen LogP contribution is 2.45. The summed E-state index contributed by atoms with van der Waals surface area (Å²) in [5, 5.41) is 2.85. The summed E-state index contributed by atoms with van der Waals surface area (Å²) in [6, 6.07) is 6.46. The number of rotatable bonds is 6. The number of nitrogens with one attached hydrogen (secondary N) is 1. The second-order valence-electron chi connectivity index (χ2n) is 8.60. The van der Waals surface area contributed by atoms with Crippen LogP contribution in [0.5, 0.6) is 0 Å². The average molecular weight is 413 g/mol. The monoisotopic (exact) mass is 413 g/mol. The molecule has 8 heteroatoms. The first-order valence-electron chi connectivity index (χ1n) is 10.5. The van der Waals surface area contributed by atoms with Gasteiger partial charge in [-0.1, -0.05) is 12.1 Å². The zero-order valence-electron chi connectivity index (χ0n) is 17.5. The number of para-hydroxylation sites is 1. The van der Waals surface area contributed by atoms with Crippen molar-refractivity contribution in [2.75, 3.05) is 11.5 Å². The Hall–Kier alpha value is -2.90. The van der Waals surface area contributed by atoms with E-state index >= 15 is 0 Å². The molecule has 3 amide bonds. The molecule has 2 aliphatic heterocycles. The fourth-order valence-electron chi connectivity index (χ4n) is 4.63. The molecular weight excluding hydrogens is 386 g/mol. The lowest BCUT2D eigenvalue weighted by molar-refractivity contribution is -0.161. The molecule has 1 aromatic carbocycles. The number of amides is 3. The Morgan fingerprint density at radius 1 is 1.20 bits per heavy atom. The average Bonchev–Trinajstić information content (AvgIpc) is 3.50. The summed E-state index contributed by atoms with van der Waals surface area (Å²) in [6.07, 6.45) is 2.42. The fourth-order valence-corrected chi connectivity index (χ4v) is 4.63. The van der Waals surface area contributed by atoms with Crippen LogP contribution in [0.3, 0.4) is 0 Å². The van der Waals surface area contributed by atoms with Gasteiger partial charge in [-0.05, 0) is 51.7 Å². The van der Waals surface area contributed by atoms with E-state index in [-0.39, 0.29) is 42.6 Å². The molecule has 0 bridgehead atoms. The van der Waals surface area contributed by atoms with Crippen LogP contribution < -0.4 is 10.2 Å². The Morgan fingerprint density at radius 3 is 2.57 bits per heavy atom. The van der Waals surface area contributed by atoms with Crippen LogP contribution in [-0.4, -0.2) is 52.9 Å². The highest BCUT2D eigenvalue weighted by atomic mass is 16.5. The van der Waals surface area contributed by atoms with E-state index in [1.807, 2.05) is 6.92 Å². The number of anilines is 1. The van der Waals surface area contributed by atoms with Gasteiger partial charge in [0.2, 0.25) is 11.6 Å². The SMILES string of the molecule is CC(C)N1C(=O)c2ccccc2N2C(=O)CC[C@]21C(=O)OCC(=O)N[C@@H](C)C1CC1. The summed E-state index contributed by atoms with van der Waals surface area (Å²) in [5.74, 6) is -1.22. The highest BCUT2D eigenvalue weighted by molar-refractivity contribution is 6.15. The number of carbonyl (C=O) groups excluding carboxylic acids is 4. The van der Waals surface area contributed by atoms with Crippen LogP contribution in [-0.2, 0) is 19.1 Å². The molecule has 160 valence electrons. The summed E-state index contributed by atoms with van der Waals surface area (Å²) >= 11 is 0. The Kier molecular flexibility index (Phi) is 5.03. The second-order valence-corrected chi connectivity index (χ2v) is 8.60. The van der Waals surface area contributed by atoms with Gasteiger partial charge in [-0.25, -0.2) is 4.79 Å². The standard InChI is InChI=1S/C22H27N3O5/c1-13(2)24-20(28)16-6-4-5-7-17(16)25-19(27)10-11-22(24,25)21(29)30-12-18(26)23-14(3)15-8-9-15/h4-7,13-15H,8-12H2,1-3H3,(H,23,26)/t14-,22+/m0/s1. The molecule has 0 radical (unpaired) electrons. The molecule has 2 fully saturated rings. The number of ether oxygens (including phenoxy) is 1. The third kappa shape index (κ3) is 3.14. The largest absolute Gasteiger partial charge is 0.452 e. The number of hydrogen-bond donors (Lipinski definition) is 1. The number of fused-ring (bicyclic) bond motifs is 3. The van der Waals surface area contributed by atoms with Crippen molar-refractivity contribution in [3.8, 4) is 0 Å². The van der Waals surface area contributed by atoms with Gasteiger partial charge in [0.15, 0.2) is 6.61 Å². The predicted molar refractivity (Wildman–Crippen MR) is 108 cm³/mol. The Labute approximate surface area is 175 Å². The third-order valence-corrected chi connectivity index (χ3v) is 6.19. The Morgan fingerprint density at radius 2 is 1.90 bits per heavy atom. The number of esters is 1. The van der Waals surface area contributed by atoms with Crippen LogP contribution in [0.15, 0.2) is 24.3 Å². The molecule has 1 saturated heterocycles. The zero-order chi connectivity index (χ0) is 21.6. The van der Waals surface area contributed by atoms with E-state index in [0.717, 1.165) is 12.8 Å². The van der Waals surface area contributed by atoms with Gasteiger partial charge in [0.25, 0.3) is 11.8 Å². The normalized spacial score (nSPS) is 23.9. The van der Waals surface area contributed by atoms with Crippen molar-refractivity contribution in [2.24, 2.45) is 5.92 Å². The van der Waals surface area contributed by atoms with Gasteiger partial charge in [0.1, 0.15) is 0 Å². The van der Waals surface area contributed by atoms with E-state index in [9.17, 15) is 19.2 Å². The fraction of sp³-hybridized carbons (Fsp3) is 0.545. The van der Waals surface area contributed by atoms with Gasteiger partial charge in [-0.3, -0.25) is 19.3 Å². The van der Waals surface area contributed by atoms with Crippen molar-refractivity contribution in [1.82, 2.24) is 10.2 Å². The molecule has 8 nitrogen and oxygen atoms in total. The zero-order valence-corrected chi connectivity index (χ0v) is 17.5. The van der Waals surface area contributed by atoms with Crippen molar-refractivity contribution in [2.45, 2.75) is 64.2 Å². The van der Waals surface area contributed by atoms with Gasteiger partial charge in [0.05, 0.1) is 11.3 Å². The second kappa shape index (κ2) is 7.41. The molecular formula is C22H27N3O5. The Bertz CT molecular complexity index is 910. The molecule has 1 N–H and O–H groups in total. The Balaban J connectivity index is 1.63. The topological polar surface area (TPSA) is 96.0 Å². The molecule has 2 atom stereocenters. The van der Waals surface area contributed by atoms with E-state index in [0.29, 0.717) is 17.2 Å². The van der Waals surface area contributed by atoms with Crippen LogP contribution in [0.25, 0.3) is 0 Å². The van der Waals surface area contributed by atoms with Crippen molar-refractivity contribution in [3.63, 3.8) is 0 Å². The van der Waals surface area contributed by atoms with Crippen molar-refractivity contribution >= 4 is 29.4 Å². The first-order valence-corrected chi connectivity index (χ1v) is 10.5. The van der Waals surface area contributed by atoms with Gasteiger partial charge in [-0.15, -0.1) is 0 Å².